The molecule has 86 valence electrons. The van der Waals surface area contributed by atoms with E-state index < -0.39 is 9.05 Å². The summed E-state index contributed by atoms with van der Waals surface area (Å²) in [6, 6.07) is 0. The van der Waals surface area contributed by atoms with Crippen molar-refractivity contribution in [3.05, 3.63) is 11.9 Å². The van der Waals surface area contributed by atoms with Crippen molar-refractivity contribution < 1.29 is 8.42 Å². The first-order valence-electron chi connectivity index (χ1n) is 4.94. The first-order valence-corrected chi connectivity index (χ1v) is 7.24. The van der Waals surface area contributed by atoms with E-state index >= 15 is 0 Å². The Morgan fingerprint density at radius 1 is 1.47 bits per heavy atom. The molecule has 1 aromatic rings. The highest BCUT2D eigenvalue weighted by molar-refractivity contribution is 8.13. The van der Waals surface area contributed by atoms with Gasteiger partial charge in [-0.05, 0) is 13.3 Å². The van der Waals surface area contributed by atoms with Gasteiger partial charge < -0.3 is 0 Å². The Hall–Kier alpha value is -0.550. The lowest BCUT2D eigenvalue weighted by atomic mass is 10.2. The molecule has 0 N–H and O–H groups in total. The van der Waals surface area contributed by atoms with Crippen LogP contribution in [-0.4, -0.2) is 18.2 Å². The van der Waals surface area contributed by atoms with E-state index in [0.717, 1.165) is 25.8 Å². The Bertz CT molecular complexity index is 425. The topological polar surface area (TPSA) is 52.0 Å². The second-order valence-corrected chi connectivity index (χ2v) is 6.02. The molecule has 0 saturated carbocycles. The zero-order valence-corrected chi connectivity index (χ0v) is 10.5. The van der Waals surface area contributed by atoms with Crippen LogP contribution in [0.15, 0.2) is 11.1 Å². The minimum atomic E-state index is -3.65. The smallest absolute Gasteiger partial charge is 0.264 e. The second-order valence-electron chi connectivity index (χ2n) is 3.49. The highest BCUT2D eigenvalue weighted by Crippen LogP contribution is 2.18. The summed E-state index contributed by atoms with van der Waals surface area (Å²) in [4.78, 5) is 0.112. The van der Waals surface area contributed by atoms with Crippen molar-refractivity contribution in [2.45, 2.75) is 44.6 Å². The summed E-state index contributed by atoms with van der Waals surface area (Å²) in [6.07, 6.45) is 4.73. The van der Waals surface area contributed by atoms with Crippen LogP contribution in [0, 0.1) is 6.92 Å². The molecule has 15 heavy (non-hydrogen) atoms. The first kappa shape index (κ1) is 12.5. The van der Waals surface area contributed by atoms with E-state index in [4.69, 9.17) is 10.7 Å². The molecule has 0 aliphatic heterocycles. The molecule has 0 atom stereocenters. The number of hydrogen-bond donors (Lipinski definition) is 0. The van der Waals surface area contributed by atoms with Crippen LogP contribution in [0.4, 0.5) is 0 Å². The maximum atomic E-state index is 11.1. The largest absolute Gasteiger partial charge is 0.271 e. The molecule has 6 heteroatoms. The number of halogens is 1. The second kappa shape index (κ2) is 4.99. The molecular weight excluding hydrogens is 236 g/mol. The number of unbranched alkanes of at least 4 members (excludes halogenated alkanes) is 2. The Morgan fingerprint density at radius 3 is 2.60 bits per heavy atom. The van der Waals surface area contributed by atoms with Crippen LogP contribution >= 0.6 is 10.7 Å². The minimum Gasteiger partial charge on any atom is -0.271 e. The SMILES string of the molecule is CCCCCn1cc(S(=O)(=O)Cl)c(C)n1. The predicted molar refractivity (Wildman–Crippen MR) is 59.5 cm³/mol. The van der Waals surface area contributed by atoms with Crippen LogP contribution in [0.1, 0.15) is 31.9 Å². The van der Waals surface area contributed by atoms with E-state index in [1.807, 2.05) is 0 Å². The summed E-state index contributed by atoms with van der Waals surface area (Å²) >= 11 is 0. The number of hydrogen-bond acceptors (Lipinski definition) is 3. The zero-order valence-electron chi connectivity index (χ0n) is 8.90. The van der Waals surface area contributed by atoms with Gasteiger partial charge in [0.05, 0.1) is 5.69 Å². The summed E-state index contributed by atoms with van der Waals surface area (Å²) < 4.78 is 23.9. The maximum absolute atomic E-state index is 11.1. The van der Waals surface area contributed by atoms with E-state index in [1.54, 1.807) is 11.6 Å². The molecule has 0 fully saturated rings. The Morgan fingerprint density at radius 2 is 2.13 bits per heavy atom. The van der Waals surface area contributed by atoms with Crippen LogP contribution in [0.5, 0.6) is 0 Å². The third-order valence-corrected chi connectivity index (χ3v) is 3.58. The van der Waals surface area contributed by atoms with Gasteiger partial charge in [-0.2, -0.15) is 5.10 Å². The molecule has 4 nitrogen and oxygen atoms in total. The first-order chi connectivity index (χ1) is 6.95. The molecule has 0 amide bonds. The van der Waals surface area contributed by atoms with Gasteiger partial charge >= 0.3 is 0 Å². The number of rotatable bonds is 5. The molecule has 1 heterocycles. The standard InChI is InChI=1S/C9H15ClN2O2S/c1-3-4-5-6-12-7-9(8(2)11-12)15(10,13)14/h7H,3-6H2,1-2H3. The summed E-state index contributed by atoms with van der Waals surface area (Å²) in [7, 11) is 1.60. The predicted octanol–water partition coefficient (Wildman–Crippen LogP) is 2.31. The Labute approximate surface area is 94.7 Å². The van der Waals surface area contributed by atoms with Crippen molar-refractivity contribution in [2.24, 2.45) is 0 Å². The fourth-order valence-electron chi connectivity index (χ4n) is 1.38. The number of aromatic nitrogens is 2. The molecule has 0 aromatic carbocycles. The quantitative estimate of drug-likeness (QED) is 0.595. The summed E-state index contributed by atoms with van der Waals surface area (Å²) in [5.74, 6) is 0. The summed E-state index contributed by atoms with van der Waals surface area (Å²) in [5, 5.41) is 4.10. The highest BCUT2D eigenvalue weighted by Gasteiger charge is 2.16. The van der Waals surface area contributed by atoms with Crippen molar-refractivity contribution in [3.8, 4) is 0 Å². The van der Waals surface area contributed by atoms with Gasteiger partial charge in [0.2, 0.25) is 0 Å². The number of nitrogens with zero attached hydrogens (tertiary/aromatic N) is 2. The molecule has 0 bridgehead atoms. The van der Waals surface area contributed by atoms with Crippen LogP contribution in [0.2, 0.25) is 0 Å². The average molecular weight is 251 g/mol. The molecule has 0 aliphatic rings. The van der Waals surface area contributed by atoms with Crippen molar-refractivity contribution >= 4 is 19.7 Å². The lowest BCUT2D eigenvalue weighted by Crippen LogP contribution is -1.98. The van der Waals surface area contributed by atoms with Crippen molar-refractivity contribution in [1.82, 2.24) is 9.78 Å². The fourth-order valence-corrected chi connectivity index (χ4v) is 2.47. The van der Waals surface area contributed by atoms with Gasteiger partial charge in [0.1, 0.15) is 4.90 Å². The molecule has 0 aliphatic carbocycles. The fraction of sp³-hybridized carbons (Fsp3) is 0.667. The molecule has 1 aromatic heterocycles. The van der Waals surface area contributed by atoms with Gasteiger partial charge in [0.25, 0.3) is 9.05 Å². The highest BCUT2D eigenvalue weighted by atomic mass is 35.7. The maximum Gasteiger partial charge on any atom is 0.264 e. The van der Waals surface area contributed by atoms with Gasteiger partial charge in [-0.1, -0.05) is 19.8 Å². The molecule has 1 rings (SSSR count). The van der Waals surface area contributed by atoms with E-state index in [0.29, 0.717) is 5.69 Å². The zero-order chi connectivity index (χ0) is 11.5. The minimum absolute atomic E-state index is 0.112. The molecule has 0 spiro atoms. The van der Waals surface area contributed by atoms with Crippen LogP contribution in [-0.2, 0) is 15.6 Å². The summed E-state index contributed by atoms with van der Waals surface area (Å²) in [6.45, 7) is 4.50. The van der Waals surface area contributed by atoms with Gasteiger partial charge in [0, 0.05) is 23.4 Å². The molecular formula is C9H15ClN2O2S. The van der Waals surface area contributed by atoms with Crippen molar-refractivity contribution in [3.63, 3.8) is 0 Å². The summed E-state index contributed by atoms with van der Waals surface area (Å²) in [5.41, 5.74) is 0.460. The Kier molecular flexibility index (Phi) is 4.16. The van der Waals surface area contributed by atoms with Gasteiger partial charge in [-0.25, -0.2) is 8.42 Å². The van der Waals surface area contributed by atoms with Gasteiger partial charge in [0.15, 0.2) is 0 Å². The Balaban J connectivity index is 2.78. The van der Waals surface area contributed by atoms with Gasteiger partial charge in [-0.3, -0.25) is 4.68 Å². The van der Waals surface area contributed by atoms with Crippen LogP contribution in [0.25, 0.3) is 0 Å². The molecule has 0 saturated heterocycles. The van der Waals surface area contributed by atoms with E-state index in [-0.39, 0.29) is 4.90 Å². The van der Waals surface area contributed by atoms with E-state index in [2.05, 4.69) is 12.0 Å². The molecule has 0 radical (unpaired) electrons. The van der Waals surface area contributed by atoms with E-state index in [1.165, 1.54) is 6.20 Å². The lowest BCUT2D eigenvalue weighted by molar-refractivity contribution is 0.550. The third-order valence-electron chi connectivity index (χ3n) is 2.15. The van der Waals surface area contributed by atoms with Crippen LogP contribution in [0.3, 0.4) is 0 Å². The van der Waals surface area contributed by atoms with Crippen molar-refractivity contribution in [2.75, 3.05) is 0 Å². The third kappa shape index (κ3) is 3.50. The van der Waals surface area contributed by atoms with Gasteiger partial charge in [-0.15, -0.1) is 0 Å². The number of aryl methyl sites for hydroxylation is 2. The average Bonchev–Trinajstić information content (AvgIpc) is 2.47. The monoisotopic (exact) mass is 250 g/mol. The van der Waals surface area contributed by atoms with Crippen molar-refractivity contribution in [1.29, 1.82) is 0 Å². The normalized spacial score (nSPS) is 11.9. The van der Waals surface area contributed by atoms with E-state index in [9.17, 15) is 8.42 Å². The lowest BCUT2D eigenvalue weighted by Gasteiger charge is -1.98. The van der Waals surface area contributed by atoms with Crippen LogP contribution < -0.4 is 0 Å². The molecule has 0 unspecified atom stereocenters.